The number of hydrogen-bond acceptors (Lipinski definition) is 2. The number of hydrogen-bond donors (Lipinski definition) is 1. The van der Waals surface area contributed by atoms with E-state index in [2.05, 4.69) is 11.4 Å². The van der Waals surface area contributed by atoms with Crippen LogP contribution in [0.15, 0.2) is 18.2 Å². The lowest BCUT2D eigenvalue weighted by molar-refractivity contribution is 0.0940. The summed E-state index contributed by atoms with van der Waals surface area (Å²) in [4.78, 5) is 11.9. The highest BCUT2D eigenvalue weighted by atomic mass is 16.1. The molecule has 1 N–H and O–H groups in total. The smallest absolute Gasteiger partial charge is 0.251 e. The summed E-state index contributed by atoms with van der Waals surface area (Å²) >= 11 is 0. The van der Waals surface area contributed by atoms with Gasteiger partial charge in [-0.1, -0.05) is 6.07 Å². The molecule has 1 amide bonds. The van der Waals surface area contributed by atoms with Crippen LogP contribution in [0.2, 0.25) is 0 Å². The molecule has 3 nitrogen and oxygen atoms in total. The van der Waals surface area contributed by atoms with Crippen LogP contribution >= 0.6 is 0 Å². The van der Waals surface area contributed by atoms with Crippen molar-refractivity contribution in [2.75, 3.05) is 0 Å². The zero-order valence-corrected chi connectivity index (χ0v) is 9.99. The van der Waals surface area contributed by atoms with E-state index in [9.17, 15) is 4.79 Å². The number of nitrogens with one attached hydrogen (secondary N) is 1. The van der Waals surface area contributed by atoms with Gasteiger partial charge in [0.2, 0.25) is 0 Å². The van der Waals surface area contributed by atoms with E-state index in [0.717, 1.165) is 12.8 Å². The number of aryl methyl sites for hydroxylation is 2. The van der Waals surface area contributed by atoms with Gasteiger partial charge in [0.1, 0.15) is 0 Å². The second-order valence-corrected chi connectivity index (χ2v) is 4.57. The summed E-state index contributed by atoms with van der Waals surface area (Å²) in [5.41, 5.74) is 3.37. The Hall–Kier alpha value is -1.82. The van der Waals surface area contributed by atoms with Gasteiger partial charge in [0.25, 0.3) is 5.91 Å². The number of nitrogens with zero attached hydrogens (tertiary/aromatic N) is 1. The minimum Gasteiger partial charge on any atom is -0.349 e. The Bertz CT molecular complexity index is 474. The average molecular weight is 228 g/mol. The molecule has 0 saturated carbocycles. The third-order valence-electron chi connectivity index (χ3n) is 3.14. The summed E-state index contributed by atoms with van der Waals surface area (Å²) in [5, 5.41) is 11.4. The molecule has 0 aromatic heterocycles. The third kappa shape index (κ3) is 2.65. The number of benzene rings is 1. The monoisotopic (exact) mass is 228 g/mol. The van der Waals surface area contributed by atoms with Crippen molar-refractivity contribution < 1.29 is 4.79 Å². The van der Waals surface area contributed by atoms with Crippen LogP contribution in [-0.4, -0.2) is 11.9 Å². The summed E-state index contributed by atoms with van der Waals surface area (Å²) in [6.07, 6.45) is 3.73. The minimum atomic E-state index is -0.0965. The summed E-state index contributed by atoms with van der Waals surface area (Å²) in [7, 11) is 0. The molecule has 1 aliphatic rings. The van der Waals surface area contributed by atoms with Gasteiger partial charge in [0, 0.05) is 11.6 Å². The first-order chi connectivity index (χ1) is 8.20. The summed E-state index contributed by atoms with van der Waals surface area (Å²) in [6, 6.07) is 7.86. The van der Waals surface area contributed by atoms with Crippen molar-refractivity contribution in [2.45, 2.75) is 38.6 Å². The van der Waals surface area contributed by atoms with Crippen molar-refractivity contribution in [1.82, 2.24) is 5.32 Å². The largest absolute Gasteiger partial charge is 0.349 e. The third-order valence-corrected chi connectivity index (χ3v) is 3.14. The molecule has 0 saturated heterocycles. The molecule has 1 unspecified atom stereocenters. The quantitative estimate of drug-likeness (QED) is 0.862. The fourth-order valence-corrected chi connectivity index (χ4v) is 2.21. The van der Waals surface area contributed by atoms with Gasteiger partial charge >= 0.3 is 0 Å². The van der Waals surface area contributed by atoms with Crippen LogP contribution in [0, 0.1) is 11.3 Å². The Kier molecular flexibility index (Phi) is 3.43. The van der Waals surface area contributed by atoms with Crippen LogP contribution in [0.3, 0.4) is 0 Å². The molecule has 0 spiro atoms. The van der Waals surface area contributed by atoms with E-state index in [4.69, 9.17) is 5.26 Å². The van der Waals surface area contributed by atoms with Crippen LogP contribution in [0.25, 0.3) is 0 Å². The van der Waals surface area contributed by atoms with Crippen LogP contribution in [0.1, 0.15) is 41.3 Å². The summed E-state index contributed by atoms with van der Waals surface area (Å²) in [5.74, 6) is -0.0811. The van der Waals surface area contributed by atoms with Gasteiger partial charge in [0.15, 0.2) is 0 Å². The van der Waals surface area contributed by atoms with Crippen molar-refractivity contribution in [1.29, 1.82) is 5.26 Å². The molecule has 1 aromatic carbocycles. The zero-order valence-electron chi connectivity index (χ0n) is 9.99. The molecule has 1 aliphatic carbocycles. The van der Waals surface area contributed by atoms with Crippen molar-refractivity contribution in [3.63, 3.8) is 0 Å². The number of fused-ring (bicyclic) bond motifs is 1. The first-order valence-electron chi connectivity index (χ1n) is 6.00. The molecule has 2 rings (SSSR count). The van der Waals surface area contributed by atoms with Gasteiger partial charge in [-0.2, -0.15) is 5.26 Å². The van der Waals surface area contributed by atoms with E-state index >= 15 is 0 Å². The van der Waals surface area contributed by atoms with Gasteiger partial charge < -0.3 is 5.32 Å². The number of rotatable bonds is 3. The van der Waals surface area contributed by atoms with Gasteiger partial charge in [-0.25, -0.2) is 0 Å². The molecule has 0 aliphatic heterocycles. The highest BCUT2D eigenvalue weighted by Gasteiger charge is 2.14. The minimum absolute atomic E-state index is 0.0811. The van der Waals surface area contributed by atoms with Gasteiger partial charge in [-0.15, -0.1) is 0 Å². The van der Waals surface area contributed by atoms with Gasteiger partial charge in [0.05, 0.1) is 12.5 Å². The fourth-order valence-electron chi connectivity index (χ4n) is 2.21. The second kappa shape index (κ2) is 5.01. The lowest BCUT2D eigenvalue weighted by Crippen LogP contribution is -2.32. The van der Waals surface area contributed by atoms with Crippen molar-refractivity contribution in [3.05, 3.63) is 34.9 Å². The zero-order chi connectivity index (χ0) is 12.3. The van der Waals surface area contributed by atoms with E-state index in [1.807, 2.05) is 25.1 Å². The number of amides is 1. The summed E-state index contributed by atoms with van der Waals surface area (Å²) in [6.45, 7) is 1.84. The standard InChI is InChI=1S/C14H16N2O/c1-10(7-8-15)16-14(17)13-6-5-11-3-2-4-12(11)9-13/h5-6,9-10H,2-4,7H2,1H3,(H,16,17). The van der Waals surface area contributed by atoms with Crippen LogP contribution < -0.4 is 5.32 Å². The predicted molar refractivity (Wildman–Crippen MR) is 65.6 cm³/mol. The SMILES string of the molecule is CC(CC#N)NC(=O)c1ccc2c(c1)CCC2. The van der Waals surface area contributed by atoms with E-state index in [1.54, 1.807) is 0 Å². The predicted octanol–water partition coefficient (Wildman–Crippen LogP) is 2.21. The molecule has 17 heavy (non-hydrogen) atoms. The fraction of sp³-hybridized carbons (Fsp3) is 0.429. The molecule has 88 valence electrons. The van der Waals surface area contributed by atoms with E-state index < -0.39 is 0 Å². The maximum atomic E-state index is 11.9. The van der Waals surface area contributed by atoms with Crippen molar-refractivity contribution >= 4 is 5.91 Å². The van der Waals surface area contributed by atoms with Gasteiger partial charge in [-0.05, 0) is 49.4 Å². The van der Waals surface area contributed by atoms with E-state index in [1.165, 1.54) is 17.5 Å². The van der Waals surface area contributed by atoms with E-state index in [0.29, 0.717) is 12.0 Å². The number of carbonyl (C=O) groups is 1. The molecule has 0 fully saturated rings. The highest BCUT2D eigenvalue weighted by molar-refractivity contribution is 5.94. The van der Waals surface area contributed by atoms with Gasteiger partial charge in [-0.3, -0.25) is 4.79 Å². The maximum Gasteiger partial charge on any atom is 0.251 e. The second-order valence-electron chi connectivity index (χ2n) is 4.57. The molecule has 0 bridgehead atoms. The molecule has 1 atom stereocenters. The maximum absolute atomic E-state index is 11.9. The number of nitriles is 1. The van der Waals surface area contributed by atoms with Crippen LogP contribution in [0.4, 0.5) is 0 Å². The Labute approximate surface area is 101 Å². The molecule has 1 aromatic rings. The number of carbonyl (C=O) groups excluding carboxylic acids is 1. The average Bonchev–Trinajstić information content (AvgIpc) is 2.75. The highest BCUT2D eigenvalue weighted by Crippen LogP contribution is 2.22. The molecule has 0 heterocycles. The molecule has 3 heteroatoms. The van der Waals surface area contributed by atoms with E-state index in [-0.39, 0.29) is 11.9 Å². The molecular formula is C14H16N2O. The molecular weight excluding hydrogens is 212 g/mol. The Morgan fingerprint density at radius 3 is 3.00 bits per heavy atom. The topological polar surface area (TPSA) is 52.9 Å². The van der Waals surface area contributed by atoms with Crippen LogP contribution in [-0.2, 0) is 12.8 Å². The Morgan fingerprint density at radius 2 is 2.24 bits per heavy atom. The normalized spacial score (nSPS) is 14.8. The molecule has 0 radical (unpaired) electrons. The lowest BCUT2D eigenvalue weighted by atomic mass is 10.1. The Morgan fingerprint density at radius 1 is 1.47 bits per heavy atom. The lowest BCUT2D eigenvalue weighted by Gasteiger charge is -2.11. The van der Waals surface area contributed by atoms with Crippen molar-refractivity contribution in [2.24, 2.45) is 0 Å². The first kappa shape index (κ1) is 11.7. The van der Waals surface area contributed by atoms with Crippen LogP contribution in [0.5, 0.6) is 0 Å². The first-order valence-corrected chi connectivity index (χ1v) is 6.00. The summed E-state index contributed by atoms with van der Waals surface area (Å²) < 4.78 is 0. The Balaban J connectivity index is 2.07. The van der Waals surface area contributed by atoms with Crippen molar-refractivity contribution in [3.8, 4) is 6.07 Å².